The molecule has 16 heavy (non-hydrogen) atoms. The summed E-state index contributed by atoms with van der Waals surface area (Å²) < 4.78 is 0. The van der Waals surface area contributed by atoms with Crippen molar-refractivity contribution in [2.24, 2.45) is 5.92 Å². The first-order valence-corrected chi connectivity index (χ1v) is 6.07. The standard InChI is InChI=1S/C15H23N/c1-6-14-8-9-15(13(5)10-14)16(7-2)11-12(3)4/h7-10,12H,2,6,11H2,1,3-5H3. The molecule has 0 spiro atoms. The fourth-order valence-electron chi connectivity index (χ4n) is 1.92. The summed E-state index contributed by atoms with van der Waals surface area (Å²) in [5, 5.41) is 0. The first-order valence-electron chi connectivity index (χ1n) is 6.07. The summed E-state index contributed by atoms with van der Waals surface area (Å²) in [5.74, 6) is 0.642. The van der Waals surface area contributed by atoms with E-state index in [-0.39, 0.29) is 0 Å². The van der Waals surface area contributed by atoms with Crippen LogP contribution < -0.4 is 4.90 Å². The average molecular weight is 217 g/mol. The summed E-state index contributed by atoms with van der Waals surface area (Å²) in [6.07, 6.45) is 3.02. The fourth-order valence-corrected chi connectivity index (χ4v) is 1.92. The largest absolute Gasteiger partial charge is 0.348 e. The van der Waals surface area contributed by atoms with E-state index in [1.807, 2.05) is 6.20 Å². The summed E-state index contributed by atoms with van der Waals surface area (Å²) in [4.78, 5) is 2.24. The molecule has 1 nitrogen and oxygen atoms in total. The van der Waals surface area contributed by atoms with Crippen LogP contribution >= 0.6 is 0 Å². The smallest absolute Gasteiger partial charge is 0.0435 e. The molecule has 0 bridgehead atoms. The van der Waals surface area contributed by atoms with E-state index in [2.05, 4.69) is 57.4 Å². The number of aryl methyl sites for hydroxylation is 2. The Bertz CT molecular complexity index is 352. The molecule has 0 aliphatic carbocycles. The second-order valence-corrected chi connectivity index (χ2v) is 4.70. The average Bonchev–Trinajstić information content (AvgIpc) is 2.25. The minimum Gasteiger partial charge on any atom is -0.348 e. The molecule has 0 aromatic heterocycles. The van der Waals surface area contributed by atoms with Gasteiger partial charge in [0, 0.05) is 12.2 Å². The molecule has 0 saturated carbocycles. The van der Waals surface area contributed by atoms with Gasteiger partial charge in [-0.3, -0.25) is 0 Å². The van der Waals surface area contributed by atoms with Crippen molar-refractivity contribution in [3.05, 3.63) is 42.1 Å². The van der Waals surface area contributed by atoms with Gasteiger partial charge in [-0.15, -0.1) is 0 Å². The predicted octanol–water partition coefficient (Wildman–Crippen LogP) is 4.16. The van der Waals surface area contributed by atoms with E-state index in [0.717, 1.165) is 13.0 Å². The van der Waals surface area contributed by atoms with Gasteiger partial charge in [-0.05, 0) is 42.7 Å². The predicted molar refractivity (Wildman–Crippen MR) is 72.9 cm³/mol. The Kier molecular flexibility index (Phi) is 4.60. The van der Waals surface area contributed by atoms with Crippen molar-refractivity contribution in [1.82, 2.24) is 0 Å². The summed E-state index contributed by atoms with van der Waals surface area (Å²) in [6, 6.07) is 6.68. The lowest BCUT2D eigenvalue weighted by atomic mass is 10.1. The number of nitrogens with zero attached hydrogens (tertiary/aromatic N) is 1. The van der Waals surface area contributed by atoms with Crippen molar-refractivity contribution in [1.29, 1.82) is 0 Å². The molecule has 1 rings (SSSR count). The van der Waals surface area contributed by atoms with Crippen LogP contribution in [0.4, 0.5) is 5.69 Å². The van der Waals surface area contributed by atoms with Gasteiger partial charge in [0.25, 0.3) is 0 Å². The van der Waals surface area contributed by atoms with Crippen molar-refractivity contribution in [2.45, 2.75) is 34.1 Å². The third-order valence-electron chi connectivity index (χ3n) is 2.76. The first-order chi connectivity index (χ1) is 7.58. The molecule has 88 valence electrons. The van der Waals surface area contributed by atoms with Gasteiger partial charge >= 0.3 is 0 Å². The lowest BCUT2D eigenvalue weighted by Crippen LogP contribution is -2.21. The molecule has 0 heterocycles. The van der Waals surface area contributed by atoms with Crippen LogP contribution in [0.5, 0.6) is 0 Å². The molecular formula is C15H23N. The number of hydrogen-bond donors (Lipinski definition) is 0. The summed E-state index contributed by atoms with van der Waals surface area (Å²) in [5.41, 5.74) is 4.01. The maximum absolute atomic E-state index is 3.90. The Morgan fingerprint density at radius 3 is 2.50 bits per heavy atom. The molecule has 0 aliphatic heterocycles. The number of benzene rings is 1. The molecule has 0 N–H and O–H groups in total. The second-order valence-electron chi connectivity index (χ2n) is 4.70. The minimum absolute atomic E-state index is 0.642. The normalized spacial score (nSPS) is 10.6. The fraction of sp³-hybridized carbons (Fsp3) is 0.467. The number of hydrogen-bond acceptors (Lipinski definition) is 1. The van der Waals surface area contributed by atoms with E-state index in [4.69, 9.17) is 0 Å². The van der Waals surface area contributed by atoms with Crippen LogP contribution in [0.25, 0.3) is 0 Å². The van der Waals surface area contributed by atoms with Crippen LogP contribution in [0.2, 0.25) is 0 Å². The molecule has 0 saturated heterocycles. The Hall–Kier alpha value is -1.24. The topological polar surface area (TPSA) is 3.24 Å². The summed E-state index contributed by atoms with van der Waals surface area (Å²) in [6.45, 7) is 13.7. The molecule has 0 unspecified atom stereocenters. The first kappa shape index (κ1) is 12.8. The Labute approximate surface area is 99.8 Å². The lowest BCUT2D eigenvalue weighted by Gasteiger charge is -2.24. The zero-order valence-corrected chi connectivity index (χ0v) is 11.0. The second kappa shape index (κ2) is 5.74. The Morgan fingerprint density at radius 2 is 2.06 bits per heavy atom. The molecule has 0 atom stereocenters. The van der Waals surface area contributed by atoms with E-state index in [9.17, 15) is 0 Å². The van der Waals surface area contributed by atoms with Crippen LogP contribution in [-0.4, -0.2) is 6.54 Å². The van der Waals surface area contributed by atoms with Crippen LogP contribution in [-0.2, 0) is 6.42 Å². The molecule has 0 radical (unpaired) electrons. The lowest BCUT2D eigenvalue weighted by molar-refractivity contribution is 0.648. The van der Waals surface area contributed by atoms with Gasteiger partial charge in [-0.25, -0.2) is 0 Å². The quantitative estimate of drug-likeness (QED) is 0.715. The van der Waals surface area contributed by atoms with Crippen molar-refractivity contribution in [3.63, 3.8) is 0 Å². The Morgan fingerprint density at radius 1 is 1.38 bits per heavy atom. The van der Waals surface area contributed by atoms with E-state index < -0.39 is 0 Å². The molecule has 0 amide bonds. The minimum atomic E-state index is 0.642. The van der Waals surface area contributed by atoms with E-state index in [1.54, 1.807) is 0 Å². The van der Waals surface area contributed by atoms with Gasteiger partial charge in [0.15, 0.2) is 0 Å². The molecule has 1 aromatic carbocycles. The maximum Gasteiger partial charge on any atom is 0.0435 e. The highest BCUT2D eigenvalue weighted by atomic mass is 15.1. The highest BCUT2D eigenvalue weighted by molar-refractivity contribution is 5.56. The third-order valence-corrected chi connectivity index (χ3v) is 2.76. The van der Waals surface area contributed by atoms with Crippen molar-refractivity contribution >= 4 is 5.69 Å². The van der Waals surface area contributed by atoms with Crippen LogP contribution in [0.1, 0.15) is 31.9 Å². The van der Waals surface area contributed by atoms with E-state index in [0.29, 0.717) is 5.92 Å². The van der Waals surface area contributed by atoms with E-state index in [1.165, 1.54) is 16.8 Å². The monoisotopic (exact) mass is 217 g/mol. The molecule has 0 fully saturated rings. The van der Waals surface area contributed by atoms with Gasteiger partial charge in [0.05, 0.1) is 0 Å². The highest BCUT2D eigenvalue weighted by Crippen LogP contribution is 2.22. The van der Waals surface area contributed by atoms with Crippen molar-refractivity contribution < 1.29 is 0 Å². The zero-order chi connectivity index (χ0) is 12.1. The van der Waals surface area contributed by atoms with Crippen molar-refractivity contribution in [3.8, 4) is 0 Å². The van der Waals surface area contributed by atoms with Gasteiger partial charge in [0.1, 0.15) is 0 Å². The number of anilines is 1. The number of rotatable bonds is 5. The zero-order valence-electron chi connectivity index (χ0n) is 11.0. The van der Waals surface area contributed by atoms with Gasteiger partial charge in [0.2, 0.25) is 0 Å². The summed E-state index contributed by atoms with van der Waals surface area (Å²) in [7, 11) is 0. The highest BCUT2D eigenvalue weighted by Gasteiger charge is 2.08. The SMILES string of the molecule is C=CN(CC(C)C)c1ccc(CC)cc1C. The van der Waals surface area contributed by atoms with Gasteiger partial charge < -0.3 is 4.90 Å². The van der Waals surface area contributed by atoms with Crippen LogP contribution in [0, 0.1) is 12.8 Å². The Balaban J connectivity index is 2.96. The molecular weight excluding hydrogens is 194 g/mol. The maximum atomic E-state index is 3.90. The van der Waals surface area contributed by atoms with Crippen LogP contribution in [0.3, 0.4) is 0 Å². The van der Waals surface area contributed by atoms with Crippen LogP contribution in [0.15, 0.2) is 31.0 Å². The van der Waals surface area contributed by atoms with E-state index >= 15 is 0 Å². The third kappa shape index (κ3) is 3.13. The summed E-state index contributed by atoms with van der Waals surface area (Å²) >= 11 is 0. The van der Waals surface area contributed by atoms with Gasteiger partial charge in [-0.1, -0.05) is 39.5 Å². The van der Waals surface area contributed by atoms with Crippen molar-refractivity contribution in [2.75, 3.05) is 11.4 Å². The molecule has 1 aromatic rings. The molecule has 0 aliphatic rings. The molecule has 1 heteroatoms. The van der Waals surface area contributed by atoms with Gasteiger partial charge in [-0.2, -0.15) is 0 Å².